The van der Waals surface area contributed by atoms with Crippen molar-refractivity contribution in [3.8, 4) is 0 Å². The Hall–Kier alpha value is -1.77. The second-order valence-corrected chi connectivity index (χ2v) is 3.72. The molecular formula is C12H14N2O. The molecule has 1 heterocycles. The van der Waals surface area contributed by atoms with Crippen LogP contribution < -0.4 is 10.6 Å². The van der Waals surface area contributed by atoms with Crippen molar-refractivity contribution in [2.75, 3.05) is 0 Å². The van der Waals surface area contributed by atoms with Gasteiger partial charge in [-0.2, -0.15) is 0 Å². The summed E-state index contributed by atoms with van der Waals surface area (Å²) in [6.45, 7) is 1.94. The van der Waals surface area contributed by atoms with E-state index in [0.29, 0.717) is 0 Å². The van der Waals surface area contributed by atoms with Gasteiger partial charge in [-0.1, -0.05) is 30.3 Å². The van der Waals surface area contributed by atoms with Crippen LogP contribution in [0, 0.1) is 0 Å². The van der Waals surface area contributed by atoms with Crippen LogP contribution in [-0.4, -0.2) is 11.9 Å². The van der Waals surface area contributed by atoms with Gasteiger partial charge in [0, 0.05) is 18.3 Å². The molecule has 0 fully saturated rings. The van der Waals surface area contributed by atoms with Crippen molar-refractivity contribution in [1.82, 2.24) is 10.6 Å². The van der Waals surface area contributed by atoms with Crippen LogP contribution in [0.3, 0.4) is 0 Å². The van der Waals surface area contributed by atoms with Crippen molar-refractivity contribution < 1.29 is 4.79 Å². The maximum Gasteiger partial charge on any atom is 0.246 e. The largest absolute Gasteiger partial charge is 0.376 e. The fourth-order valence-corrected chi connectivity index (χ4v) is 1.66. The first kappa shape index (κ1) is 9.77. The van der Waals surface area contributed by atoms with Gasteiger partial charge < -0.3 is 10.6 Å². The van der Waals surface area contributed by atoms with Gasteiger partial charge in [0.15, 0.2) is 0 Å². The number of hydrogen-bond acceptors (Lipinski definition) is 2. The molecule has 1 unspecified atom stereocenters. The highest BCUT2D eigenvalue weighted by atomic mass is 16.2. The van der Waals surface area contributed by atoms with E-state index in [1.165, 1.54) is 5.56 Å². The predicted octanol–water partition coefficient (Wildman–Crippen LogP) is 1.18. The van der Waals surface area contributed by atoms with Crippen LogP contribution in [-0.2, 0) is 11.2 Å². The summed E-state index contributed by atoms with van der Waals surface area (Å²) < 4.78 is 0. The van der Waals surface area contributed by atoms with E-state index in [4.69, 9.17) is 0 Å². The summed E-state index contributed by atoms with van der Waals surface area (Å²) in [6.07, 6.45) is 2.42. The van der Waals surface area contributed by atoms with Crippen molar-refractivity contribution >= 4 is 5.91 Å². The fraction of sp³-hybridized carbons (Fsp3) is 0.250. The monoisotopic (exact) mass is 202 g/mol. The molecule has 78 valence electrons. The van der Waals surface area contributed by atoms with Crippen LogP contribution in [0.5, 0.6) is 0 Å². The molecule has 0 radical (unpaired) electrons. The summed E-state index contributed by atoms with van der Waals surface area (Å²) in [5.74, 6) is 0.0319. The summed E-state index contributed by atoms with van der Waals surface area (Å²) >= 11 is 0. The molecule has 3 nitrogen and oxygen atoms in total. The number of hydrogen-bond donors (Lipinski definition) is 2. The average molecular weight is 202 g/mol. The summed E-state index contributed by atoms with van der Waals surface area (Å²) in [5, 5.41) is 5.90. The Balaban J connectivity index is 2.06. The lowest BCUT2D eigenvalue weighted by Crippen LogP contribution is -2.47. The van der Waals surface area contributed by atoms with E-state index in [0.717, 1.165) is 12.1 Å². The van der Waals surface area contributed by atoms with Crippen molar-refractivity contribution in [3.05, 3.63) is 47.8 Å². The molecule has 0 saturated heterocycles. The molecule has 1 atom stereocenters. The second kappa shape index (κ2) is 4.17. The van der Waals surface area contributed by atoms with Crippen molar-refractivity contribution in [3.63, 3.8) is 0 Å². The molecule has 1 aromatic carbocycles. The van der Waals surface area contributed by atoms with E-state index in [1.54, 1.807) is 6.20 Å². The highest BCUT2D eigenvalue weighted by Gasteiger charge is 2.20. The van der Waals surface area contributed by atoms with E-state index in [9.17, 15) is 4.79 Å². The van der Waals surface area contributed by atoms with Gasteiger partial charge in [0.2, 0.25) is 5.91 Å². The Morgan fingerprint density at radius 2 is 2.00 bits per heavy atom. The lowest BCUT2D eigenvalue weighted by molar-refractivity contribution is -0.122. The summed E-state index contributed by atoms with van der Waals surface area (Å²) in [5.41, 5.74) is 2.16. The fourth-order valence-electron chi connectivity index (χ4n) is 1.66. The van der Waals surface area contributed by atoms with E-state index < -0.39 is 0 Å². The molecule has 1 aromatic rings. The minimum atomic E-state index is -0.155. The van der Waals surface area contributed by atoms with Gasteiger partial charge in [0.05, 0.1) is 0 Å². The quantitative estimate of drug-likeness (QED) is 0.756. The van der Waals surface area contributed by atoms with Crippen LogP contribution in [0.1, 0.15) is 12.5 Å². The van der Waals surface area contributed by atoms with E-state index in [2.05, 4.69) is 10.6 Å². The zero-order valence-corrected chi connectivity index (χ0v) is 8.66. The Bertz CT molecular complexity index is 384. The van der Waals surface area contributed by atoms with E-state index in [-0.39, 0.29) is 11.9 Å². The van der Waals surface area contributed by atoms with Crippen LogP contribution in [0.2, 0.25) is 0 Å². The standard InChI is InChI=1S/C12H14N2O/c1-9-8-13-12(15)11(14-9)7-10-5-3-2-4-6-10/h2-6,8,11,14H,7H2,1H3,(H,13,15). The third-order valence-electron chi connectivity index (χ3n) is 2.43. The molecule has 1 aliphatic rings. The first-order chi connectivity index (χ1) is 7.25. The van der Waals surface area contributed by atoms with Gasteiger partial charge in [-0.05, 0) is 12.5 Å². The van der Waals surface area contributed by atoms with Crippen molar-refractivity contribution in [2.24, 2.45) is 0 Å². The number of amides is 1. The number of allylic oxidation sites excluding steroid dienone is 1. The van der Waals surface area contributed by atoms with Gasteiger partial charge in [0.25, 0.3) is 0 Å². The smallest absolute Gasteiger partial charge is 0.246 e. The molecule has 1 amide bonds. The normalized spacial score (nSPS) is 20.2. The second-order valence-electron chi connectivity index (χ2n) is 3.72. The molecule has 3 heteroatoms. The van der Waals surface area contributed by atoms with Crippen molar-refractivity contribution in [1.29, 1.82) is 0 Å². The average Bonchev–Trinajstić information content (AvgIpc) is 2.25. The van der Waals surface area contributed by atoms with Crippen molar-refractivity contribution in [2.45, 2.75) is 19.4 Å². The van der Waals surface area contributed by atoms with Gasteiger partial charge in [-0.25, -0.2) is 0 Å². The summed E-state index contributed by atoms with van der Waals surface area (Å²) in [6, 6.07) is 9.85. The Labute approximate surface area is 89.2 Å². The lowest BCUT2D eigenvalue weighted by atomic mass is 10.0. The molecule has 2 N–H and O–H groups in total. The molecular weight excluding hydrogens is 188 g/mol. The van der Waals surface area contributed by atoms with Gasteiger partial charge in [-0.3, -0.25) is 4.79 Å². The number of carbonyl (C=O) groups excluding carboxylic acids is 1. The third-order valence-corrected chi connectivity index (χ3v) is 2.43. The van der Waals surface area contributed by atoms with E-state index in [1.807, 2.05) is 37.3 Å². The maximum atomic E-state index is 11.5. The van der Waals surface area contributed by atoms with Crippen LogP contribution in [0.4, 0.5) is 0 Å². The van der Waals surface area contributed by atoms with Crippen LogP contribution in [0.15, 0.2) is 42.2 Å². The third kappa shape index (κ3) is 2.37. The lowest BCUT2D eigenvalue weighted by Gasteiger charge is -2.23. The van der Waals surface area contributed by atoms with Gasteiger partial charge in [0.1, 0.15) is 6.04 Å². The summed E-state index contributed by atoms with van der Waals surface area (Å²) in [4.78, 5) is 11.5. The van der Waals surface area contributed by atoms with Gasteiger partial charge >= 0.3 is 0 Å². The molecule has 0 aliphatic carbocycles. The van der Waals surface area contributed by atoms with Crippen LogP contribution >= 0.6 is 0 Å². The highest BCUT2D eigenvalue weighted by molar-refractivity contribution is 5.84. The Morgan fingerprint density at radius 3 is 2.73 bits per heavy atom. The molecule has 0 spiro atoms. The minimum Gasteiger partial charge on any atom is -0.376 e. The highest BCUT2D eigenvalue weighted by Crippen LogP contribution is 2.06. The molecule has 0 saturated carbocycles. The summed E-state index contributed by atoms with van der Waals surface area (Å²) in [7, 11) is 0. The Kier molecular flexibility index (Phi) is 2.72. The number of rotatable bonds is 2. The first-order valence-electron chi connectivity index (χ1n) is 5.03. The van der Waals surface area contributed by atoms with E-state index >= 15 is 0 Å². The van der Waals surface area contributed by atoms with Gasteiger partial charge in [-0.15, -0.1) is 0 Å². The zero-order chi connectivity index (χ0) is 10.7. The molecule has 2 rings (SSSR count). The maximum absolute atomic E-state index is 11.5. The number of carbonyl (C=O) groups is 1. The minimum absolute atomic E-state index is 0.0319. The number of nitrogens with one attached hydrogen (secondary N) is 2. The molecule has 0 aromatic heterocycles. The topological polar surface area (TPSA) is 41.1 Å². The number of benzene rings is 1. The molecule has 15 heavy (non-hydrogen) atoms. The molecule has 0 bridgehead atoms. The zero-order valence-electron chi connectivity index (χ0n) is 8.66. The predicted molar refractivity (Wildman–Crippen MR) is 59.0 cm³/mol. The van der Waals surface area contributed by atoms with Crippen LogP contribution in [0.25, 0.3) is 0 Å². The Morgan fingerprint density at radius 1 is 1.27 bits per heavy atom. The SMILES string of the molecule is CC1=CNC(=O)C(Cc2ccccc2)N1. The first-order valence-corrected chi connectivity index (χ1v) is 5.03. The molecule has 1 aliphatic heterocycles.